The Balaban J connectivity index is 1.66. The van der Waals surface area contributed by atoms with E-state index >= 15 is 0 Å². The fourth-order valence-corrected chi connectivity index (χ4v) is 2.84. The number of pyridine rings is 1. The zero-order valence-electron chi connectivity index (χ0n) is 13.3. The minimum atomic E-state index is -0.888. The van der Waals surface area contributed by atoms with Crippen molar-refractivity contribution in [2.45, 2.75) is 18.9 Å². The van der Waals surface area contributed by atoms with Gasteiger partial charge in [0.2, 0.25) is 0 Å². The van der Waals surface area contributed by atoms with Crippen LogP contribution in [-0.4, -0.2) is 35.6 Å². The third-order valence-corrected chi connectivity index (χ3v) is 4.15. The van der Waals surface area contributed by atoms with Gasteiger partial charge in [-0.3, -0.25) is 4.79 Å². The van der Waals surface area contributed by atoms with Crippen LogP contribution in [0.3, 0.4) is 0 Å². The quantitative estimate of drug-likeness (QED) is 0.883. The van der Waals surface area contributed by atoms with Crippen LogP contribution in [0.2, 0.25) is 0 Å². The van der Waals surface area contributed by atoms with Gasteiger partial charge >= 0.3 is 0 Å². The molecule has 1 fully saturated rings. The summed E-state index contributed by atoms with van der Waals surface area (Å²) in [6.45, 7) is 1.85. The number of aromatic nitrogens is 1. The molecule has 0 spiro atoms. The van der Waals surface area contributed by atoms with Gasteiger partial charge < -0.3 is 15.3 Å². The molecule has 1 aliphatic rings. The van der Waals surface area contributed by atoms with E-state index in [0.717, 1.165) is 25.9 Å². The number of halogens is 1. The van der Waals surface area contributed by atoms with Crippen LogP contribution in [0.4, 0.5) is 10.2 Å². The third-order valence-electron chi connectivity index (χ3n) is 4.15. The zero-order valence-corrected chi connectivity index (χ0v) is 13.3. The number of carbonyl (C=O) groups is 1. The maximum Gasteiger partial charge on any atom is 0.255 e. The van der Waals surface area contributed by atoms with Gasteiger partial charge in [0.15, 0.2) is 0 Å². The maximum absolute atomic E-state index is 12.9. The Morgan fingerprint density at radius 2 is 1.96 bits per heavy atom. The summed E-state index contributed by atoms with van der Waals surface area (Å²) in [5.41, 5.74) is 1.06. The van der Waals surface area contributed by atoms with Gasteiger partial charge in [-0.15, -0.1) is 0 Å². The summed E-state index contributed by atoms with van der Waals surface area (Å²) >= 11 is 0. The smallest absolute Gasteiger partial charge is 0.255 e. The van der Waals surface area contributed by atoms with Crippen molar-refractivity contribution in [2.75, 3.05) is 24.5 Å². The van der Waals surface area contributed by atoms with Crippen LogP contribution < -0.4 is 10.2 Å². The summed E-state index contributed by atoms with van der Waals surface area (Å²) in [4.78, 5) is 18.9. The van der Waals surface area contributed by atoms with Gasteiger partial charge in [0.1, 0.15) is 11.6 Å². The van der Waals surface area contributed by atoms with E-state index in [1.807, 2.05) is 0 Å². The molecule has 1 aromatic carbocycles. The van der Waals surface area contributed by atoms with Crippen LogP contribution in [0.25, 0.3) is 0 Å². The number of benzene rings is 1. The molecule has 1 unspecified atom stereocenters. The number of carbonyl (C=O) groups excluding carboxylic acids is 1. The first-order valence-corrected chi connectivity index (χ1v) is 8.07. The second-order valence-corrected chi connectivity index (χ2v) is 5.85. The molecule has 2 aromatic rings. The normalized spacial score (nSPS) is 15.3. The van der Waals surface area contributed by atoms with E-state index in [-0.39, 0.29) is 18.3 Å². The number of hydrogen-bond acceptors (Lipinski definition) is 4. The van der Waals surface area contributed by atoms with E-state index in [0.29, 0.717) is 16.9 Å². The predicted octanol–water partition coefficient (Wildman–Crippen LogP) is 2.28. The number of anilines is 1. The topological polar surface area (TPSA) is 65.5 Å². The molecule has 0 aliphatic carbocycles. The molecule has 1 aromatic heterocycles. The fraction of sp³-hybridized carbons (Fsp3) is 0.333. The Kier molecular flexibility index (Phi) is 5.05. The number of hydrogen-bond donors (Lipinski definition) is 2. The highest BCUT2D eigenvalue weighted by atomic mass is 19.1. The van der Waals surface area contributed by atoms with Crippen molar-refractivity contribution in [3.8, 4) is 0 Å². The number of nitrogens with one attached hydrogen (secondary N) is 1. The molecule has 2 N–H and O–H groups in total. The molecule has 126 valence electrons. The summed E-state index contributed by atoms with van der Waals surface area (Å²) < 4.78 is 12.9. The van der Waals surface area contributed by atoms with Crippen LogP contribution in [0.5, 0.6) is 0 Å². The molecule has 1 aliphatic heterocycles. The zero-order chi connectivity index (χ0) is 16.9. The van der Waals surface area contributed by atoms with Crippen molar-refractivity contribution in [1.82, 2.24) is 10.3 Å². The second kappa shape index (κ2) is 7.40. The standard InChI is InChI=1S/C18H20FN3O2/c19-14-7-5-13(6-8-14)16(23)12-21-18(24)15-4-3-9-20-17(15)22-10-1-2-11-22/h3-9,16,23H,1-2,10-12H2,(H,21,24). The first kappa shape index (κ1) is 16.4. The molecule has 2 heterocycles. The Hall–Kier alpha value is -2.47. The van der Waals surface area contributed by atoms with E-state index in [1.54, 1.807) is 18.3 Å². The van der Waals surface area contributed by atoms with Gasteiger partial charge in [0.25, 0.3) is 5.91 Å². The molecule has 0 radical (unpaired) electrons. The highest BCUT2D eigenvalue weighted by Crippen LogP contribution is 2.22. The van der Waals surface area contributed by atoms with Crippen LogP contribution in [0.15, 0.2) is 42.6 Å². The van der Waals surface area contributed by atoms with Crippen LogP contribution in [-0.2, 0) is 0 Å². The summed E-state index contributed by atoms with van der Waals surface area (Å²) in [7, 11) is 0. The van der Waals surface area contributed by atoms with Crippen molar-refractivity contribution in [1.29, 1.82) is 0 Å². The molecule has 1 amide bonds. The van der Waals surface area contributed by atoms with Crippen molar-refractivity contribution in [3.63, 3.8) is 0 Å². The van der Waals surface area contributed by atoms with E-state index in [4.69, 9.17) is 0 Å². The third kappa shape index (κ3) is 3.71. The SMILES string of the molecule is O=C(NCC(O)c1ccc(F)cc1)c1cccnc1N1CCCC1. The average molecular weight is 329 g/mol. The van der Waals surface area contributed by atoms with E-state index in [1.165, 1.54) is 24.3 Å². The summed E-state index contributed by atoms with van der Waals surface area (Å²) in [5.74, 6) is 0.0514. The van der Waals surface area contributed by atoms with E-state index in [9.17, 15) is 14.3 Å². The molecular weight excluding hydrogens is 309 g/mol. The average Bonchev–Trinajstić information content (AvgIpc) is 3.14. The Morgan fingerprint density at radius 1 is 1.25 bits per heavy atom. The Morgan fingerprint density at radius 3 is 2.67 bits per heavy atom. The van der Waals surface area contributed by atoms with Crippen molar-refractivity contribution in [3.05, 3.63) is 59.5 Å². The summed E-state index contributed by atoms with van der Waals surface area (Å²) in [5, 5.41) is 12.9. The highest BCUT2D eigenvalue weighted by Gasteiger charge is 2.21. The number of rotatable bonds is 5. The molecule has 5 nitrogen and oxygen atoms in total. The van der Waals surface area contributed by atoms with E-state index < -0.39 is 6.10 Å². The van der Waals surface area contributed by atoms with E-state index in [2.05, 4.69) is 15.2 Å². The lowest BCUT2D eigenvalue weighted by Crippen LogP contribution is -2.31. The van der Waals surface area contributed by atoms with Crippen LogP contribution >= 0.6 is 0 Å². The second-order valence-electron chi connectivity index (χ2n) is 5.85. The molecule has 1 atom stereocenters. The van der Waals surface area contributed by atoms with Gasteiger partial charge in [0.05, 0.1) is 11.7 Å². The van der Waals surface area contributed by atoms with Gasteiger partial charge in [-0.1, -0.05) is 12.1 Å². The summed E-state index contributed by atoms with van der Waals surface area (Å²) in [6.07, 6.45) is 2.99. The molecule has 1 saturated heterocycles. The number of aliphatic hydroxyl groups is 1. The minimum Gasteiger partial charge on any atom is -0.387 e. The van der Waals surface area contributed by atoms with Crippen LogP contribution in [0, 0.1) is 5.82 Å². The fourth-order valence-electron chi connectivity index (χ4n) is 2.84. The number of aliphatic hydroxyl groups excluding tert-OH is 1. The van der Waals surface area contributed by atoms with Crippen molar-refractivity contribution >= 4 is 11.7 Å². The monoisotopic (exact) mass is 329 g/mol. The van der Waals surface area contributed by atoms with Crippen molar-refractivity contribution < 1.29 is 14.3 Å². The molecule has 3 rings (SSSR count). The largest absolute Gasteiger partial charge is 0.387 e. The number of amides is 1. The highest BCUT2D eigenvalue weighted by molar-refractivity contribution is 5.98. The van der Waals surface area contributed by atoms with Gasteiger partial charge in [-0.2, -0.15) is 0 Å². The van der Waals surface area contributed by atoms with Gasteiger partial charge in [-0.05, 0) is 42.7 Å². The molecule has 0 bridgehead atoms. The van der Waals surface area contributed by atoms with Gasteiger partial charge in [0, 0.05) is 25.8 Å². The predicted molar refractivity (Wildman–Crippen MR) is 89.4 cm³/mol. The Bertz CT molecular complexity index is 700. The first-order chi connectivity index (χ1) is 11.6. The van der Waals surface area contributed by atoms with Crippen molar-refractivity contribution in [2.24, 2.45) is 0 Å². The lowest BCUT2D eigenvalue weighted by atomic mass is 10.1. The molecule has 0 saturated carbocycles. The van der Waals surface area contributed by atoms with Crippen LogP contribution in [0.1, 0.15) is 34.9 Å². The molecule has 6 heteroatoms. The lowest BCUT2D eigenvalue weighted by molar-refractivity contribution is 0.0916. The lowest BCUT2D eigenvalue weighted by Gasteiger charge is -2.20. The first-order valence-electron chi connectivity index (χ1n) is 8.07. The minimum absolute atomic E-state index is 0.0544. The summed E-state index contributed by atoms with van der Waals surface area (Å²) in [6, 6.07) is 9.04. The molecule has 24 heavy (non-hydrogen) atoms. The van der Waals surface area contributed by atoms with Gasteiger partial charge in [-0.25, -0.2) is 9.37 Å². The molecular formula is C18H20FN3O2. The number of nitrogens with zero attached hydrogens (tertiary/aromatic N) is 2. The Labute approximate surface area is 140 Å². The maximum atomic E-state index is 12.9.